The van der Waals surface area contributed by atoms with Crippen LogP contribution in [0.3, 0.4) is 0 Å². The summed E-state index contributed by atoms with van der Waals surface area (Å²) >= 11 is 1.60. The summed E-state index contributed by atoms with van der Waals surface area (Å²) in [5.74, 6) is 1.00. The molecule has 0 saturated carbocycles. The van der Waals surface area contributed by atoms with Crippen LogP contribution in [0.2, 0.25) is 0 Å². The fourth-order valence-electron chi connectivity index (χ4n) is 2.77. The molecule has 1 N–H and O–H groups in total. The fraction of sp³-hybridized carbons (Fsp3) is 0.211. The SMILES string of the molecule is CCn1nnnc1COc1cccc(C(=O)Nc2ccc3nc(C)sc3c2)c1. The van der Waals surface area contributed by atoms with E-state index in [0.29, 0.717) is 23.7 Å². The van der Waals surface area contributed by atoms with Gasteiger partial charge < -0.3 is 10.1 Å². The summed E-state index contributed by atoms with van der Waals surface area (Å²) in [5.41, 5.74) is 2.17. The molecule has 0 radical (unpaired) electrons. The molecule has 0 unspecified atom stereocenters. The van der Waals surface area contributed by atoms with E-state index in [1.54, 1.807) is 40.3 Å². The van der Waals surface area contributed by atoms with Crippen molar-refractivity contribution in [2.75, 3.05) is 5.32 Å². The van der Waals surface area contributed by atoms with Gasteiger partial charge in [-0.3, -0.25) is 4.79 Å². The van der Waals surface area contributed by atoms with Crippen molar-refractivity contribution in [2.24, 2.45) is 0 Å². The van der Waals surface area contributed by atoms with Gasteiger partial charge in [-0.2, -0.15) is 0 Å². The van der Waals surface area contributed by atoms with Crippen LogP contribution in [0.4, 0.5) is 5.69 Å². The number of rotatable bonds is 6. The van der Waals surface area contributed by atoms with Gasteiger partial charge in [-0.05, 0) is 60.7 Å². The lowest BCUT2D eigenvalue weighted by Crippen LogP contribution is -2.12. The number of amides is 1. The summed E-state index contributed by atoms with van der Waals surface area (Å²) in [5, 5.41) is 15.4. The van der Waals surface area contributed by atoms with Gasteiger partial charge in [-0.15, -0.1) is 16.4 Å². The number of anilines is 1. The quantitative estimate of drug-likeness (QED) is 0.538. The van der Waals surface area contributed by atoms with Crippen LogP contribution in [-0.2, 0) is 13.2 Å². The van der Waals surface area contributed by atoms with Gasteiger partial charge in [0.2, 0.25) is 0 Å². The Morgan fingerprint density at radius 3 is 3.00 bits per heavy atom. The maximum Gasteiger partial charge on any atom is 0.255 e. The molecule has 0 atom stereocenters. The molecule has 0 aliphatic carbocycles. The molecule has 8 nitrogen and oxygen atoms in total. The van der Waals surface area contributed by atoms with Crippen molar-refractivity contribution in [1.82, 2.24) is 25.2 Å². The normalized spacial score (nSPS) is 10.9. The number of tetrazole rings is 1. The first kappa shape index (κ1) is 18.1. The van der Waals surface area contributed by atoms with Crippen molar-refractivity contribution in [1.29, 1.82) is 0 Å². The van der Waals surface area contributed by atoms with Crippen LogP contribution < -0.4 is 10.1 Å². The van der Waals surface area contributed by atoms with Crippen molar-refractivity contribution in [3.8, 4) is 5.75 Å². The van der Waals surface area contributed by atoms with Crippen LogP contribution >= 0.6 is 11.3 Å². The van der Waals surface area contributed by atoms with Crippen LogP contribution in [0.15, 0.2) is 42.5 Å². The highest BCUT2D eigenvalue weighted by Crippen LogP contribution is 2.25. The number of nitrogens with one attached hydrogen (secondary N) is 1. The van der Waals surface area contributed by atoms with Gasteiger partial charge in [0.05, 0.1) is 15.2 Å². The minimum Gasteiger partial charge on any atom is -0.486 e. The number of aromatic nitrogens is 5. The molecule has 0 saturated heterocycles. The van der Waals surface area contributed by atoms with Crippen molar-refractivity contribution in [3.05, 3.63) is 58.9 Å². The number of nitrogens with zero attached hydrogens (tertiary/aromatic N) is 5. The zero-order valence-corrected chi connectivity index (χ0v) is 16.2. The molecule has 0 bridgehead atoms. The summed E-state index contributed by atoms with van der Waals surface area (Å²) in [7, 11) is 0. The highest BCUT2D eigenvalue weighted by molar-refractivity contribution is 7.18. The van der Waals surface area contributed by atoms with Crippen LogP contribution in [0, 0.1) is 6.92 Å². The lowest BCUT2D eigenvalue weighted by Gasteiger charge is -2.09. The maximum atomic E-state index is 12.6. The number of hydrogen-bond acceptors (Lipinski definition) is 7. The first-order valence-corrected chi connectivity index (χ1v) is 9.60. The van der Waals surface area contributed by atoms with Gasteiger partial charge in [-0.25, -0.2) is 9.67 Å². The summed E-state index contributed by atoms with van der Waals surface area (Å²) in [6.07, 6.45) is 0. The zero-order valence-electron chi connectivity index (χ0n) is 15.4. The third-order valence-electron chi connectivity index (χ3n) is 4.12. The average Bonchev–Trinajstić information content (AvgIpc) is 3.31. The second kappa shape index (κ2) is 7.73. The van der Waals surface area contributed by atoms with Gasteiger partial charge in [0.1, 0.15) is 12.4 Å². The molecule has 2 heterocycles. The molecule has 0 aliphatic heterocycles. The van der Waals surface area contributed by atoms with Gasteiger partial charge in [0.25, 0.3) is 5.91 Å². The summed E-state index contributed by atoms with van der Waals surface area (Å²) in [6.45, 7) is 4.81. The van der Waals surface area contributed by atoms with E-state index in [2.05, 4.69) is 25.8 Å². The molecular formula is C19H18N6O2S. The molecule has 142 valence electrons. The van der Waals surface area contributed by atoms with Crippen LogP contribution in [-0.4, -0.2) is 31.1 Å². The number of thiazole rings is 1. The number of fused-ring (bicyclic) bond motifs is 1. The molecule has 4 aromatic rings. The first-order valence-electron chi connectivity index (χ1n) is 8.79. The predicted molar refractivity (Wildman–Crippen MR) is 107 cm³/mol. The Labute approximate surface area is 165 Å². The largest absolute Gasteiger partial charge is 0.486 e. The number of carbonyl (C=O) groups excluding carboxylic acids is 1. The Bertz CT molecular complexity index is 1140. The summed E-state index contributed by atoms with van der Waals surface area (Å²) in [6, 6.07) is 12.7. The highest BCUT2D eigenvalue weighted by Gasteiger charge is 2.10. The lowest BCUT2D eigenvalue weighted by molar-refractivity contribution is 0.102. The van der Waals surface area contributed by atoms with E-state index in [9.17, 15) is 4.79 Å². The average molecular weight is 394 g/mol. The number of carbonyl (C=O) groups is 1. The van der Waals surface area contributed by atoms with Crippen LogP contribution in [0.25, 0.3) is 10.2 Å². The second-order valence-electron chi connectivity index (χ2n) is 6.10. The Hall–Kier alpha value is -3.33. The molecule has 1 amide bonds. The maximum absolute atomic E-state index is 12.6. The van der Waals surface area contributed by atoms with Crippen molar-refractivity contribution in [3.63, 3.8) is 0 Å². The third-order valence-corrected chi connectivity index (χ3v) is 5.06. The molecule has 2 aromatic carbocycles. The van der Waals surface area contributed by atoms with Crippen LogP contribution in [0.5, 0.6) is 5.75 Å². The molecule has 9 heteroatoms. The summed E-state index contributed by atoms with van der Waals surface area (Å²) < 4.78 is 8.45. The first-order chi connectivity index (χ1) is 13.6. The predicted octanol–water partition coefficient (Wildman–Crippen LogP) is 3.44. The van der Waals surface area contributed by atoms with Crippen LogP contribution in [0.1, 0.15) is 28.1 Å². The standard InChI is InChI=1S/C19H18N6O2S/c1-3-25-18(22-23-24-25)11-27-15-6-4-5-13(9-15)19(26)21-14-7-8-16-17(10-14)28-12(2)20-16/h4-10H,3,11H2,1-2H3,(H,21,26). The fourth-order valence-corrected chi connectivity index (χ4v) is 3.63. The number of benzene rings is 2. The van der Waals surface area contributed by atoms with Crippen molar-refractivity contribution < 1.29 is 9.53 Å². The highest BCUT2D eigenvalue weighted by atomic mass is 32.1. The lowest BCUT2D eigenvalue weighted by atomic mass is 10.2. The number of ether oxygens (including phenoxy) is 1. The van der Waals surface area contributed by atoms with Gasteiger partial charge >= 0.3 is 0 Å². The Morgan fingerprint density at radius 1 is 1.25 bits per heavy atom. The topological polar surface area (TPSA) is 94.8 Å². The van der Waals surface area contributed by atoms with E-state index in [-0.39, 0.29) is 12.5 Å². The minimum absolute atomic E-state index is 0.204. The molecule has 0 aliphatic rings. The zero-order chi connectivity index (χ0) is 19.5. The Balaban J connectivity index is 1.45. The third kappa shape index (κ3) is 3.84. The molecule has 28 heavy (non-hydrogen) atoms. The monoisotopic (exact) mass is 394 g/mol. The van der Waals surface area contributed by atoms with E-state index in [0.717, 1.165) is 20.9 Å². The molecule has 2 aromatic heterocycles. The number of aryl methyl sites for hydroxylation is 2. The second-order valence-corrected chi connectivity index (χ2v) is 7.33. The van der Waals surface area contributed by atoms with Crippen molar-refractivity contribution >= 4 is 33.1 Å². The van der Waals surface area contributed by atoms with E-state index in [4.69, 9.17) is 4.74 Å². The Morgan fingerprint density at radius 2 is 2.14 bits per heavy atom. The summed E-state index contributed by atoms with van der Waals surface area (Å²) in [4.78, 5) is 17.1. The molecule has 0 spiro atoms. The smallest absolute Gasteiger partial charge is 0.255 e. The van der Waals surface area contributed by atoms with E-state index < -0.39 is 0 Å². The Kier molecular flexibility index (Phi) is 4.98. The molecule has 0 fully saturated rings. The molecule has 4 rings (SSSR count). The van der Waals surface area contributed by atoms with Crippen molar-refractivity contribution in [2.45, 2.75) is 27.0 Å². The van der Waals surface area contributed by atoms with Gasteiger partial charge in [0, 0.05) is 17.8 Å². The van der Waals surface area contributed by atoms with Gasteiger partial charge in [0.15, 0.2) is 5.82 Å². The van der Waals surface area contributed by atoms with E-state index >= 15 is 0 Å². The van der Waals surface area contributed by atoms with E-state index in [1.807, 2.05) is 32.0 Å². The minimum atomic E-state index is -0.204. The van der Waals surface area contributed by atoms with Gasteiger partial charge in [-0.1, -0.05) is 6.07 Å². The molecular weight excluding hydrogens is 376 g/mol. The van der Waals surface area contributed by atoms with E-state index in [1.165, 1.54) is 0 Å². The number of hydrogen-bond donors (Lipinski definition) is 1.